The van der Waals surface area contributed by atoms with Crippen molar-refractivity contribution in [2.24, 2.45) is 0 Å². The Balaban J connectivity index is 2.29. The molecule has 0 bridgehead atoms. The van der Waals surface area contributed by atoms with Gasteiger partial charge in [-0.25, -0.2) is 14.5 Å². The number of esters is 1. The smallest absolute Gasteiger partial charge is 0.416 e. The summed E-state index contributed by atoms with van der Waals surface area (Å²) in [7, 11) is 0. The first-order valence-corrected chi connectivity index (χ1v) is 7.95. The van der Waals surface area contributed by atoms with Crippen molar-refractivity contribution in [3.05, 3.63) is 36.2 Å². The van der Waals surface area contributed by atoms with Gasteiger partial charge in [-0.2, -0.15) is 13.2 Å². The molecule has 0 aliphatic heterocycles. The normalized spacial score (nSPS) is 12.0. The molecular weight excluding hydrogens is 349 g/mol. The summed E-state index contributed by atoms with van der Waals surface area (Å²) in [6.45, 7) is 5.70. The van der Waals surface area contributed by atoms with E-state index >= 15 is 0 Å². The van der Waals surface area contributed by atoms with Gasteiger partial charge in [-0.1, -0.05) is 0 Å². The van der Waals surface area contributed by atoms with Crippen molar-refractivity contribution in [3.8, 4) is 11.4 Å². The number of nitrogens with zero attached hydrogens (tertiary/aromatic N) is 3. The fourth-order valence-corrected chi connectivity index (χ4v) is 2.11. The first kappa shape index (κ1) is 19.5. The Kier molecular flexibility index (Phi) is 6.01. The van der Waals surface area contributed by atoms with Crippen LogP contribution in [0, 0.1) is 0 Å². The highest BCUT2D eigenvalue weighted by atomic mass is 19.4. The molecule has 2 rings (SSSR count). The van der Waals surface area contributed by atoms with Crippen LogP contribution in [0.25, 0.3) is 17.6 Å². The maximum absolute atomic E-state index is 13.1. The van der Waals surface area contributed by atoms with E-state index in [1.807, 2.05) is 0 Å². The van der Waals surface area contributed by atoms with Crippen LogP contribution in [-0.2, 0) is 15.7 Å². The van der Waals surface area contributed by atoms with E-state index in [1.165, 1.54) is 23.3 Å². The van der Waals surface area contributed by atoms with E-state index in [-0.39, 0.29) is 17.5 Å². The molecule has 140 valence electrons. The van der Waals surface area contributed by atoms with Crippen molar-refractivity contribution < 1.29 is 22.7 Å². The third kappa shape index (κ3) is 5.33. The lowest BCUT2D eigenvalue weighted by molar-refractivity contribution is -0.141. The molecule has 0 spiro atoms. The highest BCUT2D eigenvalue weighted by Gasteiger charge is 2.31. The lowest BCUT2D eigenvalue weighted by Crippen LogP contribution is -2.08. The number of aromatic nitrogens is 3. The first-order valence-electron chi connectivity index (χ1n) is 7.95. The third-order valence-corrected chi connectivity index (χ3v) is 3.12. The maximum Gasteiger partial charge on any atom is 0.416 e. The van der Waals surface area contributed by atoms with Crippen molar-refractivity contribution in [1.82, 2.24) is 14.8 Å². The number of carbonyl (C=O) groups excluding carboxylic acids is 1. The molecule has 0 saturated carbocycles. The Hall–Kier alpha value is -2.84. The van der Waals surface area contributed by atoms with Crippen LogP contribution in [-0.4, -0.2) is 33.4 Å². The number of alkyl halides is 3. The second kappa shape index (κ2) is 8.03. The predicted octanol–water partition coefficient (Wildman–Crippen LogP) is 3.82. The molecule has 9 heteroatoms. The summed E-state index contributed by atoms with van der Waals surface area (Å²) in [5.74, 6) is -0.442. The van der Waals surface area contributed by atoms with Gasteiger partial charge >= 0.3 is 12.1 Å². The molecule has 1 aromatic carbocycles. The molecule has 26 heavy (non-hydrogen) atoms. The van der Waals surface area contributed by atoms with Crippen molar-refractivity contribution in [2.45, 2.75) is 33.1 Å². The van der Waals surface area contributed by atoms with Crippen LogP contribution in [0.3, 0.4) is 0 Å². The molecule has 0 aliphatic rings. The third-order valence-electron chi connectivity index (χ3n) is 3.12. The average molecular weight is 368 g/mol. The van der Waals surface area contributed by atoms with E-state index in [0.29, 0.717) is 12.2 Å². The fourth-order valence-electron chi connectivity index (χ4n) is 2.11. The summed E-state index contributed by atoms with van der Waals surface area (Å²) < 4.78 is 45.4. The molecule has 6 nitrogen and oxygen atoms in total. The van der Waals surface area contributed by atoms with Crippen molar-refractivity contribution in [2.75, 3.05) is 11.9 Å². The van der Waals surface area contributed by atoms with Gasteiger partial charge in [0.25, 0.3) is 0 Å². The standard InChI is InChI=1S/C17H19F3N4O2/c1-4-21-14-8-12(7-13(9-14)17(18,19)20)16-22-10-24(23-16)6-5-15(25)26-11(2)3/h5-11,21H,4H2,1-3H3. The number of anilines is 1. The van der Waals surface area contributed by atoms with Crippen LogP contribution >= 0.6 is 0 Å². The number of rotatable bonds is 6. The van der Waals surface area contributed by atoms with Gasteiger partial charge in [0.1, 0.15) is 6.33 Å². The number of halogens is 3. The summed E-state index contributed by atoms with van der Waals surface area (Å²) >= 11 is 0. The Morgan fingerprint density at radius 2 is 2.08 bits per heavy atom. The van der Waals surface area contributed by atoms with Gasteiger partial charge in [0, 0.05) is 30.1 Å². The van der Waals surface area contributed by atoms with Crippen molar-refractivity contribution in [1.29, 1.82) is 0 Å². The van der Waals surface area contributed by atoms with Crippen LogP contribution in [0.2, 0.25) is 0 Å². The summed E-state index contributed by atoms with van der Waals surface area (Å²) in [5, 5.41) is 6.93. The Labute approximate surface area is 148 Å². The van der Waals surface area contributed by atoms with Gasteiger partial charge in [0.05, 0.1) is 11.7 Å². The molecule has 1 N–H and O–H groups in total. The summed E-state index contributed by atoms with van der Waals surface area (Å²) in [6, 6.07) is 3.55. The van der Waals surface area contributed by atoms with Crippen molar-refractivity contribution in [3.63, 3.8) is 0 Å². The molecule has 0 fully saturated rings. The highest BCUT2D eigenvalue weighted by Crippen LogP contribution is 2.34. The van der Waals surface area contributed by atoms with E-state index in [0.717, 1.165) is 18.2 Å². The minimum Gasteiger partial charge on any atom is -0.460 e. The zero-order valence-electron chi connectivity index (χ0n) is 14.5. The number of nitrogens with one attached hydrogen (secondary N) is 1. The topological polar surface area (TPSA) is 69.0 Å². The van der Waals surface area contributed by atoms with Crippen molar-refractivity contribution >= 4 is 17.9 Å². The molecule has 0 aliphatic carbocycles. The second-order valence-corrected chi connectivity index (χ2v) is 5.68. The number of ether oxygens (including phenoxy) is 1. The minimum atomic E-state index is -4.48. The van der Waals surface area contributed by atoms with Gasteiger partial charge in [0.2, 0.25) is 0 Å². The van der Waals surface area contributed by atoms with Crippen LogP contribution < -0.4 is 5.32 Å². The van der Waals surface area contributed by atoms with Gasteiger partial charge in [0.15, 0.2) is 5.82 Å². The molecule has 0 unspecified atom stereocenters. The van der Waals surface area contributed by atoms with Gasteiger partial charge in [-0.15, -0.1) is 5.10 Å². The van der Waals surface area contributed by atoms with Crippen LogP contribution in [0.15, 0.2) is 30.6 Å². The molecule has 1 heterocycles. The van der Waals surface area contributed by atoms with E-state index < -0.39 is 17.7 Å². The molecule has 0 amide bonds. The largest absolute Gasteiger partial charge is 0.460 e. The Morgan fingerprint density at radius 3 is 2.69 bits per heavy atom. The van der Waals surface area contributed by atoms with Gasteiger partial charge in [-0.05, 0) is 39.0 Å². The molecule has 0 atom stereocenters. The molecule has 1 aromatic heterocycles. The number of carbonyl (C=O) groups is 1. The maximum atomic E-state index is 13.1. The van der Waals surface area contributed by atoms with E-state index in [4.69, 9.17) is 4.74 Å². The van der Waals surface area contributed by atoms with E-state index in [2.05, 4.69) is 15.4 Å². The summed E-state index contributed by atoms with van der Waals surface area (Å²) in [6.07, 6.45) is -0.965. The van der Waals surface area contributed by atoms with Gasteiger partial charge in [-0.3, -0.25) is 0 Å². The molecular formula is C17H19F3N4O2. The number of benzene rings is 1. The number of hydrogen-bond acceptors (Lipinski definition) is 5. The zero-order chi connectivity index (χ0) is 19.3. The minimum absolute atomic E-state index is 0.108. The SMILES string of the molecule is CCNc1cc(-c2ncn(C=CC(=O)OC(C)C)n2)cc(C(F)(F)F)c1. The quantitative estimate of drug-likeness (QED) is 0.620. The van der Waals surface area contributed by atoms with Crippen LogP contribution in [0.5, 0.6) is 0 Å². The Morgan fingerprint density at radius 1 is 1.35 bits per heavy atom. The molecule has 2 aromatic rings. The summed E-state index contributed by atoms with van der Waals surface area (Å²) in [4.78, 5) is 15.5. The monoisotopic (exact) mass is 368 g/mol. The average Bonchev–Trinajstić information content (AvgIpc) is 3.00. The van der Waals surface area contributed by atoms with Gasteiger partial charge < -0.3 is 10.1 Å². The van der Waals surface area contributed by atoms with Crippen LogP contribution in [0.4, 0.5) is 18.9 Å². The van der Waals surface area contributed by atoms with E-state index in [1.54, 1.807) is 20.8 Å². The lowest BCUT2D eigenvalue weighted by atomic mass is 10.1. The summed E-state index contributed by atoms with van der Waals surface area (Å²) in [5.41, 5.74) is -0.254. The lowest BCUT2D eigenvalue weighted by Gasteiger charge is -2.11. The first-order chi connectivity index (χ1) is 12.2. The van der Waals surface area contributed by atoms with Crippen LogP contribution in [0.1, 0.15) is 26.3 Å². The van der Waals surface area contributed by atoms with E-state index in [9.17, 15) is 18.0 Å². The highest BCUT2D eigenvalue weighted by molar-refractivity contribution is 5.85. The second-order valence-electron chi connectivity index (χ2n) is 5.68. The fraction of sp³-hybridized carbons (Fsp3) is 0.353. The zero-order valence-corrected chi connectivity index (χ0v) is 14.5. The predicted molar refractivity (Wildman–Crippen MR) is 91.2 cm³/mol. The molecule has 0 radical (unpaired) electrons. The Bertz CT molecular complexity index is 798. The number of hydrogen-bond donors (Lipinski definition) is 1. The molecule has 0 saturated heterocycles.